The molecule has 1 spiro atoms. The summed E-state index contributed by atoms with van der Waals surface area (Å²) in [4.78, 5) is 20.7. The van der Waals surface area contributed by atoms with Crippen LogP contribution >= 0.6 is 0 Å². The van der Waals surface area contributed by atoms with Gasteiger partial charge in [0, 0.05) is 23.7 Å². The molecule has 1 amide bonds. The lowest BCUT2D eigenvalue weighted by Crippen LogP contribution is -2.51. The molecule has 0 radical (unpaired) electrons. The average molecular weight is 452 g/mol. The quantitative estimate of drug-likeness (QED) is 0.579. The maximum atomic E-state index is 14.7. The summed E-state index contributed by atoms with van der Waals surface area (Å²) in [6.45, 7) is 4.60. The summed E-state index contributed by atoms with van der Waals surface area (Å²) in [7, 11) is 0. The van der Waals surface area contributed by atoms with Gasteiger partial charge in [-0.05, 0) is 48.8 Å². The maximum Gasteiger partial charge on any atom is 0.445 e. The third kappa shape index (κ3) is 1.72. The van der Waals surface area contributed by atoms with Crippen LogP contribution in [-0.4, -0.2) is 33.6 Å². The Morgan fingerprint density at radius 1 is 1.12 bits per heavy atom. The highest BCUT2D eigenvalue weighted by Gasteiger charge is 2.80. The van der Waals surface area contributed by atoms with Gasteiger partial charge in [-0.25, -0.2) is 9.18 Å². The molecule has 1 aromatic carbocycles. The number of hydroxylamine groups is 2. The molecule has 11 heteroatoms. The van der Waals surface area contributed by atoms with E-state index in [-0.39, 0.29) is 5.88 Å². The van der Waals surface area contributed by atoms with Crippen molar-refractivity contribution in [1.82, 2.24) is 15.4 Å². The number of carbonyl (C=O) groups excluding carboxylic acids is 1. The molecule has 2 saturated heterocycles. The molecule has 4 aliphatic heterocycles. The highest BCUT2D eigenvalue weighted by molar-refractivity contribution is 5.76. The number of benzene rings is 1. The van der Waals surface area contributed by atoms with Crippen LogP contribution in [0, 0.1) is 11.7 Å². The first kappa shape index (κ1) is 17.8. The van der Waals surface area contributed by atoms with E-state index < -0.39 is 34.7 Å². The first-order valence-corrected chi connectivity index (χ1v) is 10.7. The second-order valence-electron chi connectivity index (χ2n) is 9.64. The van der Waals surface area contributed by atoms with Gasteiger partial charge in [0.2, 0.25) is 0 Å². The first-order chi connectivity index (χ1) is 15.9. The lowest BCUT2D eigenvalue weighted by Gasteiger charge is -2.43. The first-order valence-electron chi connectivity index (χ1n) is 10.7. The van der Waals surface area contributed by atoms with E-state index in [2.05, 4.69) is 22.1 Å². The molecule has 5 aliphatic rings. The van der Waals surface area contributed by atoms with Crippen LogP contribution in [0.1, 0.15) is 43.1 Å². The third-order valence-electron chi connectivity index (χ3n) is 8.29. The zero-order valence-corrected chi connectivity index (χ0v) is 17.6. The Bertz CT molecular complexity index is 1390. The van der Waals surface area contributed by atoms with Gasteiger partial charge in [0.1, 0.15) is 35.0 Å². The minimum absolute atomic E-state index is 0.160. The van der Waals surface area contributed by atoms with Crippen LogP contribution in [0.4, 0.5) is 14.9 Å². The molecule has 3 aromatic rings. The molecule has 2 aromatic heterocycles. The number of halogens is 1. The molecule has 2 bridgehead atoms. The largest absolute Gasteiger partial charge is 0.465 e. The summed E-state index contributed by atoms with van der Waals surface area (Å²) in [5, 5.41) is 8.96. The Morgan fingerprint density at radius 2 is 1.94 bits per heavy atom. The van der Waals surface area contributed by atoms with E-state index >= 15 is 0 Å². The Balaban J connectivity index is 1.34. The smallest absolute Gasteiger partial charge is 0.445 e. The van der Waals surface area contributed by atoms with Crippen molar-refractivity contribution in [2.75, 3.05) is 11.4 Å². The van der Waals surface area contributed by atoms with Gasteiger partial charge in [0.05, 0.1) is 5.56 Å². The number of nitrogens with zero attached hydrogens (tertiary/aromatic N) is 4. The van der Waals surface area contributed by atoms with Crippen molar-refractivity contribution in [1.29, 1.82) is 0 Å². The summed E-state index contributed by atoms with van der Waals surface area (Å²) in [6.07, 6.45) is 2.46. The number of hydrogen-bond acceptors (Lipinski definition) is 9. The second-order valence-corrected chi connectivity index (χ2v) is 9.64. The number of ether oxygens (including phenoxy) is 2. The molecule has 3 fully saturated rings. The van der Waals surface area contributed by atoms with Gasteiger partial charge in [-0.15, -0.1) is 5.06 Å². The van der Waals surface area contributed by atoms with Crippen LogP contribution in [0.15, 0.2) is 39.8 Å². The van der Waals surface area contributed by atoms with Gasteiger partial charge in [0.15, 0.2) is 11.6 Å². The molecule has 5 atom stereocenters. The van der Waals surface area contributed by atoms with E-state index in [1.807, 2.05) is 0 Å². The fourth-order valence-corrected chi connectivity index (χ4v) is 6.50. The minimum atomic E-state index is -1.17. The fraction of sp³-hybridized carbons (Fsp3) is 0.409. The number of aromatic nitrogens is 2. The van der Waals surface area contributed by atoms with Crippen molar-refractivity contribution >= 4 is 11.8 Å². The monoisotopic (exact) mass is 452 g/mol. The zero-order chi connectivity index (χ0) is 22.3. The topological polar surface area (TPSA) is 103 Å². The molecule has 2 unspecified atom stereocenters. The van der Waals surface area contributed by atoms with Crippen LogP contribution in [-0.2, 0) is 15.8 Å². The van der Waals surface area contributed by atoms with E-state index in [9.17, 15) is 9.18 Å². The van der Waals surface area contributed by atoms with E-state index in [0.717, 1.165) is 22.7 Å². The maximum absolute atomic E-state index is 14.7. The molecule has 168 valence electrons. The van der Waals surface area contributed by atoms with Crippen molar-refractivity contribution in [3.8, 4) is 11.8 Å². The molecular weight excluding hydrogens is 435 g/mol. The number of anilines is 1. The van der Waals surface area contributed by atoms with Gasteiger partial charge >= 0.3 is 6.09 Å². The van der Waals surface area contributed by atoms with Crippen molar-refractivity contribution < 1.29 is 32.5 Å². The van der Waals surface area contributed by atoms with Crippen LogP contribution < -0.4 is 14.5 Å². The Morgan fingerprint density at radius 3 is 2.82 bits per heavy atom. The highest BCUT2D eigenvalue weighted by atomic mass is 19.1. The van der Waals surface area contributed by atoms with Gasteiger partial charge in [0.25, 0.3) is 11.8 Å². The molecule has 0 N–H and O–H groups in total. The minimum Gasteiger partial charge on any atom is -0.465 e. The number of hydrogen-bond donors (Lipinski definition) is 0. The molecule has 8 rings (SSSR count). The predicted molar refractivity (Wildman–Crippen MR) is 105 cm³/mol. The van der Waals surface area contributed by atoms with E-state index in [0.29, 0.717) is 29.5 Å². The summed E-state index contributed by atoms with van der Waals surface area (Å²) >= 11 is 0. The van der Waals surface area contributed by atoms with Gasteiger partial charge in [-0.2, -0.15) is 0 Å². The lowest BCUT2D eigenvalue weighted by molar-refractivity contribution is -0.102. The normalized spacial score (nSPS) is 36.5. The summed E-state index contributed by atoms with van der Waals surface area (Å²) in [6, 6.07) is 4.59. The Kier molecular flexibility index (Phi) is 2.73. The molecular formula is C22H17FN4O6. The zero-order valence-electron chi connectivity index (χ0n) is 17.6. The number of piperidine rings is 1. The summed E-state index contributed by atoms with van der Waals surface area (Å²) in [5.74, 6) is 0.520. The Labute approximate surface area is 185 Å². The van der Waals surface area contributed by atoms with Crippen LogP contribution in [0.25, 0.3) is 0 Å². The van der Waals surface area contributed by atoms with E-state index in [4.69, 9.17) is 23.4 Å². The molecule has 10 nitrogen and oxygen atoms in total. The van der Waals surface area contributed by atoms with Crippen LogP contribution in [0.2, 0.25) is 0 Å². The molecule has 1 aliphatic carbocycles. The average Bonchev–Trinajstić information content (AvgIpc) is 3.19. The lowest BCUT2D eigenvalue weighted by atomic mass is 9.80. The number of rotatable bonds is 2. The third-order valence-corrected chi connectivity index (χ3v) is 8.29. The van der Waals surface area contributed by atoms with Crippen molar-refractivity contribution in [2.45, 2.75) is 43.1 Å². The summed E-state index contributed by atoms with van der Waals surface area (Å²) < 4.78 is 36.9. The van der Waals surface area contributed by atoms with Crippen molar-refractivity contribution in [3.05, 3.63) is 53.2 Å². The molecule has 6 heterocycles. The van der Waals surface area contributed by atoms with Crippen LogP contribution in [0.5, 0.6) is 11.8 Å². The second kappa shape index (κ2) is 5.08. The van der Waals surface area contributed by atoms with Gasteiger partial charge in [-0.3, -0.25) is 0 Å². The van der Waals surface area contributed by atoms with Gasteiger partial charge < -0.3 is 28.3 Å². The van der Waals surface area contributed by atoms with Gasteiger partial charge in [-0.1, -0.05) is 0 Å². The van der Waals surface area contributed by atoms with Crippen LogP contribution in [0.3, 0.4) is 0 Å². The standard InChI is InChI=1S/C22H17FN4O6/c1-20(16-12-8-29-24-17(12)33-27(20)19(28)31-16)13-5-11(23)3-4-15(13)26-7-10-6-22(10)21(26,2)14-9-30-25-18(14)32-22/h3-5,8-10,16H,6-7H2,1-2H3/t10-,16-,20?,21?,22+/m1/s1. The molecule has 1 saturated carbocycles. The number of fused-ring (bicyclic) bond motifs is 6. The van der Waals surface area contributed by atoms with Crippen molar-refractivity contribution in [3.63, 3.8) is 0 Å². The predicted octanol–water partition coefficient (Wildman–Crippen LogP) is 3.40. The SMILES string of the molecule is CC1(c2cc(F)ccc2N2C[C@H]3C[C@]34Oc3nocc3C24C)[C@@H]2OC(=O)N1Oc1nocc12. The summed E-state index contributed by atoms with van der Waals surface area (Å²) in [5.41, 5.74) is 0.528. The fourth-order valence-electron chi connectivity index (χ4n) is 6.50. The highest BCUT2D eigenvalue weighted by Crippen LogP contribution is 2.71. The van der Waals surface area contributed by atoms with Crippen molar-refractivity contribution in [2.24, 2.45) is 5.92 Å². The number of amides is 1. The Hall–Kier alpha value is -3.76. The number of carbonyl (C=O) groups is 1. The van der Waals surface area contributed by atoms with E-state index in [1.165, 1.54) is 18.4 Å². The molecule has 33 heavy (non-hydrogen) atoms. The van der Waals surface area contributed by atoms with E-state index in [1.54, 1.807) is 19.3 Å².